The molecule has 3 unspecified atom stereocenters. The van der Waals surface area contributed by atoms with Crippen LogP contribution in [0.2, 0.25) is 0 Å². The molecule has 0 aromatic rings. The summed E-state index contributed by atoms with van der Waals surface area (Å²) in [7, 11) is 12.7. The molecule has 0 aliphatic carbocycles. The number of hydrogen-bond donors (Lipinski definition) is 0. The fourth-order valence-corrected chi connectivity index (χ4v) is 12.8. The average Bonchev–Trinajstić information content (AvgIpc) is 1.87. The molecule has 12 heteroatoms. The van der Waals surface area contributed by atoms with Gasteiger partial charge < -0.3 is 38.4 Å². The third-order valence-corrected chi connectivity index (χ3v) is 19.2. The normalized spacial score (nSPS) is 12.2. The Kier molecular flexibility index (Phi) is 102. The van der Waals surface area contributed by atoms with Gasteiger partial charge in [-0.3, -0.25) is 19.2 Å². The van der Waals surface area contributed by atoms with E-state index in [1.54, 1.807) is 0 Å². The van der Waals surface area contributed by atoms with Crippen molar-refractivity contribution in [2.75, 3.05) is 88.3 Å². The predicted octanol–water partition coefficient (Wildman–Crippen LogP) is 27.5. The van der Waals surface area contributed by atoms with Crippen molar-refractivity contribution in [3.05, 3.63) is 36.5 Å². The molecule has 0 rings (SSSR count). The highest BCUT2D eigenvalue weighted by atomic mass is 16.5. The largest absolute Gasteiger partial charge is 0.462 e. The lowest BCUT2D eigenvalue weighted by Gasteiger charge is -2.21. The maximum Gasteiger partial charge on any atom is 0.306 e. The fraction of sp³-hybridized carbons (Fsp3) is 0.892. The van der Waals surface area contributed by atoms with Gasteiger partial charge in [-0.2, -0.15) is 0 Å². The summed E-state index contributed by atoms with van der Waals surface area (Å²) in [4.78, 5) is 54.5. The highest BCUT2D eigenvalue weighted by molar-refractivity contribution is 5.70. The molecule has 628 valence electrons. The Hall–Kier alpha value is -3.06. The molecule has 0 heterocycles. The number of hydrogen-bond acceptors (Lipinski definition) is 12. The molecule has 0 N–H and O–H groups in total. The maximum absolute atomic E-state index is 12.3. The van der Waals surface area contributed by atoms with Crippen LogP contribution >= 0.6 is 0 Å². The van der Waals surface area contributed by atoms with E-state index in [2.05, 4.69) is 103 Å². The summed E-state index contributed by atoms with van der Waals surface area (Å²) in [6, 6.07) is 0. The van der Waals surface area contributed by atoms with Crippen LogP contribution in [-0.4, -0.2) is 139 Å². The number of carbonyl (C=O) groups excluding carboxylic acids is 4. The summed E-state index contributed by atoms with van der Waals surface area (Å²) in [6.07, 6.45) is 80.8. The first kappa shape index (κ1) is 113. The molecule has 0 spiro atoms. The van der Waals surface area contributed by atoms with Crippen LogP contribution in [0.4, 0.5) is 0 Å². The van der Waals surface area contributed by atoms with E-state index in [0.29, 0.717) is 51.6 Å². The van der Waals surface area contributed by atoms with Crippen molar-refractivity contribution in [2.45, 2.75) is 448 Å². The summed E-state index contributed by atoms with van der Waals surface area (Å²) in [5.74, 6) is 0.637. The Labute approximate surface area is 657 Å². The van der Waals surface area contributed by atoms with Gasteiger partial charge in [0.25, 0.3) is 0 Å². The van der Waals surface area contributed by atoms with Gasteiger partial charge in [-0.15, -0.1) is 0 Å². The van der Waals surface area contributed by atoms with Crippen LogP contribution in [-0.2, 0) is 42.9 Å². The first-order chi connectivity index (χ1) is 49.7. The van der Waals surface area contributed by atoms with Gasteiger partial charge in [0.15, 0.2) is 0 Å². The lowest BCUT2D eigenvalue weighted by Crippen LogP contribution is -2.21. The summed E-state index contributed by atoms with van der Waals surface area (Å²) in [6.45, 7) is 18.9. The molecule has 0 saturated heterocycles. The first-order valence-electron chi connectivity index (χ1n) is 43.9. The van der Waals surface area contributed by atoms with Crippen LogP contribution in [0.1, 0.15) is 436 Å². The molecule has 0 amide bonds. The number of unbranched alkanes of at least 4 members (excludes halogenated alkanes) is 37. The zero-order valence-corrected chi connectivity index (χ0v) is 70.2. The van der Waals surface area contributed by atoms with E-state index in [0.717, 1.165) is 135 Å². The van der Waals surface area contributed by atoms with E-state index in [1.807, 2.05) is 32.3 Å². The topological polar surface area (TPSA) is 124 Å². The minimum absolute atomic E-state index is 0. The molecule has 12 nitrogen and oxygen atoms in total. The molecular formula is C93H187N3O9. The zero-order chi connectivity index (χ0) is 75.5. The van der Waals surface area contributed by atoms with Gasteiger partial charge >= 0.3 is 23.9 Å². The van der Waals surface area contributed by atoms with Crippen molar-refractivity contribution in [3.8, 4) is 0 Å². The van der Waals surface area contributed by atoms with Crippen molar-refractivity contribution in [3.63, 3.8) is 0 Å². The third kappa shape index (κ3) is 98.9. The van der Waals surface area contributed by atoms with Gasteiger partial charge in [0.2, 0.25) is 0 Å². The predicted molar refractivity (Wildman–Crippen MR) is 461 cm³/mol. The number of rotatable bonds is 76. The summed E-state index contributed by atoms with van der Waals surface area (Å²) < 4.78 is 28.0. The Bertz CT molecular complexity index is 1800. The third-order valence-electron chi connectivity index (χ3n) is 19.2. The van der Waals surface area contributed by atoms with Crippen molar-refractivity contribution in [1.29, 1.82) is 0 Å². The summed E-state index contributed by atoms with van der Waals surface area (Å²) in [5, 5.41) is 0. The molecule has 0 radical (unpaired) electrons. The summed E-state index contributed by atoms with van der Waals surface area (Å²) >= 11 is 0. The lowest BCUT2D eigenvalue weighted by atomic mass is 9.94. The Morgan fingerprint density at radius 3 is 0.876 bits per heavy atom. The molecule has 0 aromatic carbocycles. The molecular weight excluding hydrogens is 1300 g/mol. The average molecular weight is 1490 g/mol. The number of carbonyl (C=O) groups is 4. The van der Waals surface area contributed by atoms with E-state index in [-0.39, 0.29) is 52.3 Å². The van der Waals surface area contributed by atoms with Crippen molar-refractivity contribution in [2.24, 2.45) is 5.92 Å². The molecule has 105 heavy (non-hydrogen) atoms. The van der Waals surface area contributed by atoms with Crippen molar-refractivity contribution in [1.82, 2.24) is 14.7 Å². The van der Waals surface area contributed by atoms with Gasteiger partial charge in [-0.05, 0) is 190 Å². The number of allylic oxidation sites excluding steroid dienone is 3. The quantitative estimate of drug-likeness (QED) is 0.0249. The molecule has 0 aliphatic rings. The van der Waals surface area contributed by atoms with Crippen LogP contribution in [0.25, 0.3) is 0 Å². The molecule has 0 aliphatic heterocycles. The van der Waals surface area contributed by atoms with Crippen molar-refractivity contribution < 1.29 is 42.9 Å². The van der Waals surface area contributed by atoms with E-state index in [1.165, 1.54) is 244 Å². The minimum atomic E-state index is -0.0880. The molecule has 0 bridgehead atoms. The molecule has 3 atom stereocenters. The van der Waals surface area contributed by atoms with Crippen LogP contribution in [0.5, 0.6) is 0 Å². The fourth-order valence-electron chi connectivity index (χ4n) is 12.8. The summed E-state index contributed by atoms with van der Waals surface area (Å²) in [5.41, 5.74) is 0. The smallest absolute Gasteiger partial charge is 0.306 e. The van der Waals surface area contributed by atoms with Gasteiger partial charge in [0, 0.05) is 38.8 Å². The first-order valence-corrected chi connectivity index (χ1v) is 43.9. The number of ether oxygens (including phenoxy) is 5. The van der Waals surface area contributed by atoms with Crippen LogP contribution in [0.15, 0.2) is 36.5 Å². The van der Waals surface area contributed by atoms with E-state index in [4.69, 9.17) is 23.7 Å². The van der Waals surface area contributed by atoms with Crippen LogP contribution in [0.3, 0.4) is 0 Å². The second-order valence-electron chi connectivity index (χ2n) is 30.7. The second-order valence-corrected chi connectivity index (χ2v) is 30.7. The van der Waals surface area contributed by atoms with Crippen LogP contribution in [0, 0.1) is 5.92 Å². The van der Waals surface area contributed by atoms with Crippen molar-refractivity contribution >= 4 is 23.9 Å². The molecule has 0 saturated carbocycles. The van der Waals surface area contributed by atoms with E-state index in [9.17, 15) is 19.2 Å². The Morgan fingerprint density at radius 1 is 0.276 bits per heavy atom. The number of nitrogens with zero attached hydrogens (tertiary/aromatic N) is 3. The molecule has 0 aromatic heterocycles. The maximum atomic E-state index is 12.3. The zero-order valence-electron chi connectivity index (χ0n) is 70.2. The highest BCUT2D eigenvalue weighted by Crippen LogP contribution is 2.22. The monoisotopic (exact) mass is 1490 g/mol. The SMILES string of the molecule is C.C.C.CCCCCC/C=C\COC(=O)CCCCCCCC(CCCCCCC)CN(C)C.CCCCCC/C=C\COC(=O)CCCCCCCC(CCCCCCC)OC(=O)CCCN(C)C.CCCCCC/C=C\COC(=O)CCCCCCCC(CCCCCCC)OCCCCN(C)C. The standard InChI is InChI=1S/C31H59NO4.C31H61NO3.C28H55NO2.3CH4/c1-5-7-9-11-12-17-21-28-35-30(33)25-20-16-13-15-19-24-29(23-18-14-10-8-6-2)36-31(34)26-22-27-32(3)4;1-5-7-9-11-12-17-22-29-35-31(33)26-20-16-13-15-19-25-30(24-18-14-10-8-6-2)34-28-23-21-27-32(3)4;1-5-7-9-11-12-17-21-25-31-28(30)24-20-16-13-15-19-23-27(26-29(3)4)22-18-14-10-8-6-2;;;/h17,21,29H,5-16,18-20,22-28H2,1-4H3;17,22,30H,5-16,18-21,23-29H2,1-4H3;17,21,27H,5-16,18-20,22-26H2,1-4H3;3*1H4/b21-17-;22-17-;21-17-;;;. The van der Waals surface area contributed by atoms with Gasteiger partial charge in [0.1, 0.15) is 25.9 Å². The number of esters is 4. The van der Waals surface area contributed by atoms with E-state index < -0.39 is 0 Å². The minimum Gasteiger partial charge on any atom is -0.462 e. The molecule has 0 fully saturated rings. The Morgan fingerprint density at radius 2 is 0.552 bits per heavy atom. The second kappa shape index (κ2) is 95.1. The van der Waals surface area contributed by atoms with Gasteiger partial charge in [0.05, 0.1) is 6.10 Å². The van der Waals surface area contributed by atoms with Gasteiger partial charge in [-0.1, -0.05) is 319 Å². The highest BCUT2D eigenvalue weighted by Gasteiger charge is 2.16. The van der Waals surface area contributed by atoms with Crippen LogP contribution < -0.4 is 0 Å². The van der Waals surface area contributed by atoms with E-state index >= 15 is 0 Å². The lowest BCUT2D eigenvalue weighted by molar-refractivity contribution is -0.150. The van der Waals surface area contributed by atoms with Gasteiger partial charge in [-0.25, -0.2) is 0 Å². The Balaban J connectivity index is -0.000000346.